The number of halogens is 2. The SMILES string of the molecule is Cn1c(N)nc(O)c1/C=C1\C=Nc2cc(Br)c(Br)cc21. The molecule has 0 saturated heterocycles. The molecule has 7 heteroatoms. The molecule has 3 rings (SSSR count). The van der Waals surface area contributed by atoms with Gasteiger partial charge in [0.25, 0.3) is 0 Å². The van der Waals surface area contributed by atoms with Crippen molar-refractivity contribution in [3.05, 3.63) is 32.3 Å². The highest BCUT2D eigenvalue weighted by Gasteiger charge is 2.17. The molecular weight excluding hydrogens is 388 g/mol. The summed E-state index contributed by atoms with van der Waals surface area (Å²) in [5.74, 6) is 0.178. The van der Waals surface area contributed by atoms with Crippen molar-refractivity contribution in [2.45, 2.75) is 0 Å². The van der Waals surface area contributed by atoms with E-state index in [1.165, 1.54) is 0 Å². The van der Waals surface area contributed by atoms with Crippen LogP contribution in [0.5, 0.6) is 5.88 Å². The van der Waals surface area contributed by atoms with Gasteiger partial charge in [0.2, 0.25) is 11.8 Å². The molecule has 2 heterocycles. The number of aliphatic imine (C=N–C) groups is 1. The number of allylic oxidation sites excluding steroid dienone is 1. The Morgan fingerprint density at radius 3 is 2.65 bits per heavy atom. The molecule has 3 N–H and O–H groups in total. The fourth-order valence-corrected chi connectivity index (χ4v) is 2.70. The molecule has 0 bridgehead atoms. The normalized spacial score (nSPS) is 15.1. The van der Waals surface area contributed by atoms with Gasteiger partial charge in [-0.15, -0.1) is 0 Å². The Bertz CT molecular complexity index is 777. The molecule has 5 nitrogen and oxygen atoms in total. The van der Waals surface area contributed by atoms with Crippen molar-refractivity contribution < 1.29 is 5.11 Å². The Hall–Kier alpha value is -1.60. The van der Waals surface area contributed by atoms with Crippen molar-refractivity contribution in [2.24, 2.45) is 12.0 Å². The minimum atomic E-state index is -0.0875. The number of rotatable bonds is 1. The van der Waals surface area contributed by atoms with Gasteiger partial charge in [-0.25, -0.2) is 0 Å². The number of imidazole rings is 1. The molecule has 2 aromatic rings. The zero-order valence-electron chi connectivity index (χ0n) is 10.4. The number of nitrogen functional groups attached to an aromatic ring is 1. The number of hydrogen-bond acceptors (Lipinski definition) is 4. The van der Waals surface area contributed by atoms with Gasteiger partial charge in [0.1, 0.15) is 5.69 Å². The van der Waals surface area contributed by atoms with Gasteiger partial charge in [0.15, 0.2) is 0 Å². The van der Waals surface area contributed by atoms with Crippen LogP contribution >= 0.6 is 31.9 Å². The van der Waals surface area contributed by atoms with E-state index < -0.39 is 0 Å². The predicted molar refractivity (Wildman–Crippen MR) is 87.2 cm³/mol. The zero-order chi connectivity index (χ0) is 14.4. The van der Waals surface area contributed by atoms with E-state index in [0.717, 1.165) is 25.8 Å². The molecular formula is C13H10Br2N4O. The molecule has 0 amide bonds. The van der Waals surface area contributed by atoms with E-state index in [0.29, 0.717) is 5.69 Å². The van der Waals surface area contributed by atoms with Gasteiger partial charge < -0.3 is 15.4 Å². The summed E-state index contributed by atoms with van der Waals surface area (Å²) < 4.78 is 3.52. The number of nitrogens with two attached hydrogens (primary N) is 1. The van der Waals surface area contributed by atoms with Crippen LogP contribution in [0.25, 0.3) is 11.6 Å². The monoisotopic (exact) mass is 396 g/mol. The van der Waals surface area contributed by atoms with Gasteiger partial charge in [-0.05, 0) is 50.1 Å². The molecule has 0 saturated carbocycles. The minimum absolute atomic E-state index is 0.0875. The molecule has 0 aliphatic carbocycles. The second-order valence-corrected chi connectivity index (χ2v) is 6.09. The van der Waals surface area contributed by atoms with Crippen LogP contribution in [0.2, 0.25) is 0 Å². The van der Waals surface area contributed by atoms with Crippen LogP contribution in [0.3, 0.4) is 0 Å². The Balaban J connectivity index is 2.13. The number of hydrogen-bond donors (Lipinski definition) is 2. The average molecular weight is 398 g/mol. The van der Waals surface area contributed by atoms with Gasteiger partial charge in [0.05, 0.1) is 5.69 Å². The summed E-state index contributed by atoms with van der Waals surface area (Å²) in [4.78, 5) is 8.19. The summed E-state index contributed by atoms with van der Waals surface area (Å²) in [5.41, 5.74) is 8.98. The van der Waals surface area contributed by atoms with Crippen LogP contribution in [-0.4, -0.2) is 20.9 Å². The Morgan fingerprint density at radius 1 is 1.30 bits per heavy atom. The lowest BCUT2D eigenvalue weighted by atomic mass is 10.1. The van der Waals surface area contributed by atoms with Crippen molar-refractivity contribution in [3.8, 4) is 5.88 Å². The van der Waals surface area contributed by atoms with Crippen LogP contribution < -0.4 is 5.73 Å². The molecule has 1 aliphatic rings. The largest absolute Gasteiger partial charge is 0.492 e. The highest BCUT2D eigenvalue weighted by atomic mass is 79.9. The van der Waals surface area contributed by atoms with Crippen molar-refractivity contribution >= 4 is 61.4 Å². The molecule has 1 aliphatic heterocycles. The Labute approximate surface area is 132 Å². The van der Waals surface area contributed by atoms with Crippen molar-refractivity contribution in [3.63, 3.8) is 0 Å². The van der Waals surface area contributed by atoms with Crippen molar-refractivity contribution in [2.75, 3.05) is 5.73 Å². The maximum Gasteiger partial charge on any atom is 0.238 e. The first-order chi connectivity index (χ1) is 9.47. The summed E-state index contributed by atoms with van der Waals surface area (Å²) in [7, 11) is 1.75. The van der Waals surface area contributed by atoms with E-state index >= 15 is 0 Å². The van der Waals surface area contributed by atoms with E-state index in [-0.39, 0.29) is 11.8 Å². The first-order valence-corrected chi connectivity index (χ1v) is 7.32. The summed E-state index contributed by atoms with van der Waals surface area (Å²) in [6, 6.07) is 3.92. The second-order valence-electron chi connectivity index (χ2n) is 4.38. The lowest BCUT2D eigenvalue weighted by Crippen LogP contribution is -1.98. The number of anilines is 1. The standard InChI is InChI=1S/C13H10Br2N4O/c1-19-11(12(20)18-13(19)16)2-6-5-17-10-4-9(15)8(14)3-7(6)10/h2-5,20H,1H3,(H2,16,18)/b6-2+. The number of aromatic nitrogens is 2. The fraction of sp³-hybridized carbons (Fsp3) is 0.0769. The molecule has 0 atom stereocenters. The van der Waals surface area contributed by atoms with E-state index in [1.807, 2.05) is 18.2 Å². The minimum Gasteiger partial charge on any atom is -0.492 e. The van der Waals surface area contributed by atoms with Gasteiger partial charge in [0, 0.05) is 33.3 Å². The lowest BCUT2D eigenvalue weighted by molar-refractivity contribution is 0.455. The van der Waals surface area contributed by atoms with Gasteiger partial charge in [-0.1, -0.05) is 0 Å². The average Bonchev–Trinajstić information content (AvgIpc) is 2.87. The van der Waals surface area contributed by atoms with Crippen LogP contribution in [0.15, 0.2) is 26.1 Å². The molecule has 102 valence electrons. The molecule has 0 radical (unpaired) electrons. The van der Waals surface area contributed by atoms with Gasteiger partial charge in [-0.2, -0.15) is 4.98 Å². The number of benzene rings is 1. The molecule has 0 unspecified atom stereocenters. The lowest BCUT2D eigenvalue weighted by Gasteiger charge is -2.04. The first-order valence-electron chi connectivity index (χ1n) is 5.73. The maximum absolute atomic E-state index is 9.80. The topological polar surface area (TPSA) is 76.4 Å². The Morgan fingerprint density at radius 2 is 2.00 bits per heavy atom. The fourth-order valence-electron chi connectivity index (χ4n) is 2.02. The predicted octanol–water partition coefficient (Wildman–Crippen LogP) is 3.49. The summed E-state index contributed by atoms with van der Waals surface area (Å²) >= 11 is 6.93. The number of fused-ring (bicyclic) bond motifs is 1. The highest BCUT2D eigenvalue weighted by Crippen LogP contribution is 2.39. The van der Waals surface area contributed by atoms with Crippen molar-refractivity contribution in [1.29, 1.82) is 0 Å². The molecule has 1 aromatic heterocycles. The van der Waals surface area contributed by atoms with E-state index in [2.05, 4.69) is 41.8 Å². The number of nitrogens with zero attached hydrogens (tertiary/aromatic N) is 3. The van der Waals surface area contributed by atoms with Crippen LogP contribution in [0.4, 0.5) is 11.6 Å². The summed E-state index contributed by atoms with van der Waals surface area (Å²) in [6.07, 6.45) is 3.57. The summed E-state index contributed by atoms with van der Waals surface area (Å²) in [5, 5.41) is 9.80. The van der Waals surface area contributed by atoms with Crippen LogP contribution in [0, 0.1) is 0 Å². The van der Waals surface area contributed by atoms with Crippen LogP contribution in [0.1, 0.15) is 11.3 Å². The maximum atomic E-state index is 9.80. The zero-order valence-corrected chi connectivity index (χ0v) is 13.6. The smallest absolute Gasteiger partial charge is 0.238 e. The molecule has 20 heavy (non-hydrogen) atoms. The van der Waals surface area contributed by atoms with Gasteiger partial charge >= 0.3 is 0 Å². The molecule has 1 aromatic carbocycles. The third-order valence-electron chi connectivity index (χ3n) is 3.14. The van der Waals surface area contributed by atoms with E-state index in [4.69, 9.17) is 5.73 Å². The third kappa shape index (κ3) is 2.06. The molecule has 0 spiro atoms. The van der Waals surface area contributed by atoms with Crippen molar-refractivity contribution in [1.82, 2.24) is 9.55 Å². The van der Waals surface area contributed by atoms with Gasteiger partial charge in [-0.3, -0.25) is 4.99 Å². The Kier molecular flexibility index (Phi) is 3.18. The van der Waals surface area contributed by atoms with Crippen LogP contribution in [-0.2, 0) is 7.05 Å². The first kappa shape index (κ1) is 13.4. The van der Waals surface area contributed by atoms with E-state index in [1.54, 1.807) is 17.8 Å². The highest BCUT2D eigenvalue weighted by molar-refractivity contribution is 9.13. The third-order valence-corrected chi connectivity index (χ3v) is 4.98. The molecule has 0 fully saturated rings. The van der Waals surface area contributed by atoms with E-state index in [9.17, 15) is 5.11 Å². The quantitative estimate of drug-likeness (QED) is 0.773. The second kappa shape index (κ2) is 4.75. The number of aromatic hydroxyl groups is 1. The summed E-state index contributed by atoms with van der Waals surface area (Å²) in [6.45, 7) is 0.